The Kier molecular flexibility index (Phi) is 8.75. The van der Waals surface area contributed by atoms with Crippen molar-refractivity contribution >= 4 is 23.6 Å². The lowest BCUT2D eigenvalue weighted by Gasteiger charge is -2.20. The zero-order valence-corrected chi connectivity index (χ0v) is 18.6. The number of benzene rings is 3. The summed E-state index contributed by atoms with van der Waals surface area (Å²) in [7, 11) is 3.87. The van der Waals surface area contributed by atoms with Crippen molar-refractivity contribution in [2.75, 3.05) is 27.2 Å². The van der Waals surface area contributed by atoms with Gasteiger partial charge in [0.1, 0.15) is 18.1 Å². The van der Waals surface area contributed by atoms with Gasteiger partial charge in [-0.1, -0.05) is 54.6 Å². The highest BCUT2D eigenvalue weighted by atomic mass is 35.5. The highest BCUT2D eigenvalue weighted by Crippen LogP contribution is 2.43. The van der Waals surface area contributed by atoms with Crippen molar-refractivity contribution in [2.45, 2.75) is 6.18 Å². The Balaban J connectivity index is 0.00000363. The van der Waals surface area contributed by atoms with Crippen LogP contribution in [0, 0.1) is 0 Å². The van der Waals surface area contributed by atoms with E-state index in [0.29, 0.717) is 23.5 Å². The van der Waals surface area contributed by atoms with Crippen molar-refractivity contribution in [1.82, 2.24) is 4.90 Å². The molecular formula is C25H25ClF3NO2. The molecule has 0 saturated heterocycles. The minimum atomic E-state index is -4.61. The summed E-state index contributed by atoms with van der Waals surface area (Å²) in [5.74, 6) is 0.502. The Hall–Kier alpha value is -2.96. The zero-order chi connectivity index (χ0) is 22.4. The fourth-order valence-electron chi connectivity index (χ4n) is 3.20. The van der Waals surface area contributed by atoms with Crippen LogP contribution in [0.5, 0.6) is 11.5 Å². The van der Waals surface area contributed by atoms with Crippen LogP contribution in [0.25, 0.3) is 11.1 Å². The number of likely N-dealkylation sites (N-methyl/N-ethyl adjacent to an activating group) is 1. The molecular weight excluding hydrogens is 439 g/mol. The van der Waals surface area contributed by atoms with Crippen molar-refractivity contribution in [1.29, 1.82) is 0 Å². The van der Waals surface area contributed by atoms with E-state index < -0.39 is 11.7 Å². The average molecular weight is 464 g/mol. The molecule has 0 bridgehead atoms. The number of allylic oxidation sites excluding steroid dienone is 1. The van der Waals surface area contributed by atoms with Crippen LogP contribution in [0.1, 0.15) is 16.7 Å². The molecule has 0 heterocycles. The maximum atomic E-state index is 14.3. The second-order valence-corrected chi connectivity index (χ2v) is 7.34. The third-order valence-corrected chi connectivity index (χ3v) is 4.70. The van der Waals surface area contributed by atoms with Gasteiger partial charge in [-0.3, -0.25) is 0 Å². The van der Waals surface area contributed by atoms with Gasteiger partial charge >= 0.3 is 6.18 Å². The molecule has 0 spiro atoms. The molecule has 0 atom stereocenters. The normalized spacial score (nSPS) is 12.2. The van der Waals surface area contributed by atoms with E-state index >= 15 is 0 Å². The molecule has 7 heteroatoms. The molecule has 0 amide bonds. The summed E-state index contributed by atoms with van der Waals surface area (Å²) in [5.41, 5.74) is 0.157. The number of rotatable bonds is 7. The van der Waals surface area contributed by atoms with E-state index in [2.05, 4.69) is 0 Å². The number of hydrogen-bond donors (Lipinski definition) is 1. The lowest BCUT2D eigenvalue weighted by molar-refractivity contribution is -0.0685. The SMILES string of the molecule is CN(C)CCOc1ccc(C(=C(c2ccc(O)cc2)C(F)(F)F)c2ccccc2)cc1.Cl. The molecule has 3 nitrogen and oxygen atoms in total. The van der Waals surface area contributed by atoms with E-state index in [1.807, 2.05) is 19.0 Å². The first-order chi connectivity index (χ1) is 14.8. The van der Waals surface area contributed by atoms with Gasteiger partial charge in [-0.25, -0.2) is 0 Å². The number of ether oxygens (including phenoxy) is 1. The number of phenols is 1. The van der Waals surface area contributed by atoms with Crippen molar-refractivity contribution in [3.05, 3.63) is 95.6 Å². The summed E-state index contributed by atoms with van der Waals surface area (Å²) < 4.78 is 48.6. The van der Waals surface area contributed by atoms with Crippen molar-refractivity contribution in [2.24, 2.45) is 0 Å². The van der Waals surface area contributed by atoms with Gasteiger partial charge in [-0.2, -0.15) is 13.2 Å². The molecule has 3 rings (SSSR count). The first-order valence-electron chi connectivity index (χ1n) is 9.80. The molecule has 0 radical (unpaired) electrons. The second-order valence-electron chi connectivity index (χ2n) is 7.34. The lowest BCUT2D eigenvalue weighted by Crippen LogP contribution is -2.19. The summed E-state index contributed by atoms with van der Waals surface area (Å²) >= 11 is 0. The van der Waals surface area contributed by atoms with Crippen LogP contribution in [0.2, 0.25) is 0 Å². The highest BCUT2D eigenvalue weighted by Gasteiger charge is 2.38. The van der Waals surface area contributed by atoms with E-state index in [1.54, 1.807) is 54.6 Å². The number of halogens is 4. The molecule has 0 aliphatic carbocycles. The predicted molar refractivity (Wildman–Crippen MR) is 124 cm³/mol. The summed E-state index contributed by atoms with van der Waals surface area (Å²) in [6.45, 7) is 1.21. The Morgan fingerprint density at radius 1 is 0.812 bits per heavy atom. The Morgan fingerprint density at radius 3 is 1.88 bits per heavy atom. The number of phenolic OH excluding ortho intramolecular Hbond substituents is 1. The fourth-order valence-corrected chi connectivity index (χ4v) is 3.20. The first-order valence-corrected chi connectivity index (χ1v) is 9.80. The van der Waals surface area contributed by atoms with Gasteiger partial charge in [0.15, 0.2) is 0 Å². The predicted octanol–water partition coefficient (Wildman–Crippen LogP) is 6.28. The summed E-state index contributed by atoms with van der Waals surface area (Å²) in [6.07, 6.45) is -4.61. The molecule has 0 fully saturated rings. The van der Waals surface area contributed by atoms with Crippen molar-refractivity contribution < 1.29 is 23.0 Å². The minimum absolute atomic E-state index is 0. The van der Waals surface area contributed by atoms with Crippen LogP contribution in [-0.2, 0) is 0 Å². The molecule has 0 aliphatic heterocycles. The highest BCUT2D eigenvalue weighted by molar-refractivity contribution is 6.00. The average Bonchev–Trinajstić information content (AvgIpc) is 2.73. The van der Waals surface area contributed by atoms with E-state index in [9.17, 15) is 18.3 Å². The van der Waals surface area contributed by atoms with E-state index in [0.717, 1.165) is 6.54 Å². The largest absolute Gasteiger partial charge is 0.508 e. The van der Waals surface area contributed by atoms with Crippen molar-refractivity contribution in [3.63, 3.8) is 0 Å². The van der Waals surface area contributed by atoms with Gasteiger partial charge < -0.3 is 14.7 Å². The molecule has 32 heavy (non-hydrogen) atoms. The summed E-state index contributed by atoms with van der Waals surface area (Å²) in [5, 5.41) is 9.54. The Labute approximate surface area is 192 Å². The molecule has 170 valence electrons. The summed E-state index contributed by atoms with van der Waals surface area (Å²) in [4.78, 5) is 1.98. The second kappa shape index (κ2) is 11.1. The smallest absolute Gasteiger partial charge is 0.417 e. The quantitative estimate of drug-likeness (QED) is 0.419. The van der Waals surface area contributed by atoms with Gasteiger partial charge in [0, 0.05) is 12.1 Å². The van der Waals surface area contributed by atoms with E-state index in [-0.39, 0.29) is 29.3 Å². The van der Waals surface area contributed by atoms with E-state index in [1.165, 1.54) is 24.3 Å². The number of aromatic hydroxyl groups is 1. The van der Waals surface area contributed by atoms with Gasteiger partial charge in [-0.15, -0.1) is 12.4 Å². The number of hydrogen-bond acceptors (Lipinski definition) is 3. The standard InChI is InChI=1S/C25H24F3NO2.ClH/c1-29(2)16-17-31-22-14-10-19(11-15-22)23(18-6-4-3-5-7-18)24(25(26,27)28)20-8-12-21(30)13-9-20;/h3-15,30H,16-17H2,1-2H3;1H. The third-order valence-electron chi connectivity index (χ3n) is 4.70. The van der Waals surface area contributed by atoms with Gasteiger partial charge in [0.05, 0.1) is 5.57 Å². The zero-order valence-electron chi connectivity index (χ0n) is 17.8. The van der Waals surface area contributed by atoms with Gasteiger partial charge in [0.2, 0.25) is 0 Å². The van der Waals surface area contributed by atoms with Crippen LogP contribution >= 0.6 is 12.4 Å². The maximum absolute atomic E-state index is 14.3. The van der Waals surface area contributed by atoms with Crippen LogP contribution in [0.4, 0.5) is 13.2 Å². The molecule has 3 aromatic rings. The van der Waals surface area contributed by atoms with Gasteiger partial charge in [-0.05, 0) is 55.1 Å². The Bertz CT molecular complexity index is 1020. The Morgan fingerprint density at radius 2 is 1.34 bits per heavy atom. The van der Waals surface area contributed by atoms with Crippen LogP contribution in [0.3, 0.4) is 0 Å². The molecule has 0 aliphatic rings. The summed E-state index contributed by atoms with van der Waals surface area (Å²) in [6, 6.07) is 20.2. The molecule has 0 unspecified atom stereocenters. The maximum Gasteiger partial charge on any atom is 0.417 e. The molecule has 0 saturated carbocycles. The lowest BCUT2D eigenvalue weighted by atomic mass is 9.89. The van der Waals surface area contributed by atoms with Gasteiger partial charge in [0.25, 0.3) is 0 Å². The number of alkyl halides is 3. The fraction of sp³-hybridized carbons (Fsp3) is 0.200. The van der Waals surface area contributed by atoms with Crippen LogP contribution in [0.15, 0.2) is 78.9 Å². The van der Waals surface area contributed by atoms with Crippen molar-refractivity contribution in [3.8, 4) is 11.5 Å². The molecule has 3 aromatic carbocycles. The monoisotopic (exact) mass is 463 g/mol. The third kappa shape index (κ3) is 6.52. The van der Waals surface area contributed by atoms with Crippen LogP contribution < -0.4 is 4.74 Å². The molecule has 0 aromatic heterocycles. The minimum Gasteiger partial charge on any atom is -0.508 e. The van der Waals surface area contributed by atoms with Crippen LogP contribution in [-0.4, -0.2) is 43.4 Å². The topological polar surface area (TPSA) is 32.7 Å². The first kappa shape index (κ1) is 25.3. The van der Waals surface area contributed by atoms with E-state index in [4.69, 9.17) is 4.74 Å². The number of nitrogens with zero attached hydrogens (tertiary/aromatic N) is 1. The molecule has 1 N–H and O–H groups in total.